The molecule has 2 aromatic rings. The summed E-state index contributed by atoms with van der Waals surface area (Å²) in [4.78, 5) is 52.8. The number of carboxylic acid groups (broad SMARTS) is 4. The van der Waals surface area contributed by atoms with Gasteiger partial charge in [-0.2, -0.15) is 0 Å². The number of nitrogens with one attached hydrogen (secondary N) is 4. The van der Waals surface area contributed by atoms with Gasteiger partial charge in [-0.25, -0.2) is 29.1 Å². The van der Waals surface area contributed by atoms with Crippen LogP contribution in [-0.2, 0) is 71.9 Å². The number of aromatic amines is 2. The molecule has 44 heavy (non-hydrogen) atoms. The van der Waals surface area contributed by atoms with Gasteiger partial charge < -0.3 is 30.4 Å². The van der Waals surface area contributed by atoms with Gasteiger partial charge in [0.1, 0.15) is 24.8 Å². The number of hydrogen-bond donors (Lipinski definition) is 8. The number of rotatable bonds is 8. The molecule has 0 saturated heterocycles. The monoisotopic (exact) mass is 947 g/mol. The van der Waals surface area contributed by atoms with E-state index in [0.29, 0.717) is 11.4 Å². The Morgan fingerprint density at radius 1 is 0.614 bits per heavy atom. The molecule has 2 aliphatic heterocycles. The van der Waals surface area contributed by atoms with Crippen molar-refractivity contribution in [2.24, 2.45) is 0 Å². The molecule has 3 radical (unpaired) electrons. The van der Waals surface area contributed by atoms with Gasteiger partial charge in [0.15, 0.2) is 0 Å². The topological polar surface area (TPSA) is 231 Å². The molecule has 0 spiro atoms. The molecule has 0 saturated carbocycles. The third-order valence-electron chi connectivity index (χ3n) is 3.78. The summed E-state index contributed by atoms with van der Waals surface area (Å²) >= 11 is 0. The van der Waals surface area contributed by atoms with Gasteiger partial charge in [0, 0.05) is 96.0 Å². The molecular formula is C26H24Mn2N6O8UV+2. The van der Waals surface area contributed by atoms with E-state index in [2.05, 4.69) is 42.7 Å². The molecule has 14 nitrogen and oxygen atoms in total. The smallest absolute Gasteiger partial charge is 0.341 e. The van der Waals surface area contributed by atoms with Crippen LogP contribution in [0.25, 0.3) is 12.2 Å². The van der Waals surface area contributed by atoms with E-state index in [-0.39, 0.29) is 83.8 Å². The summed E-state index contributed by atoms with van der Waals surface area (Å²) in [6, 6.07) is 0. The van der Waals surface area contributed by atoms with Crippen LogP contribution >= 0.6 is 0 Å². The molecule has 227 valence electrons. The van der Waals surface area contributed by atoms with Crippen molar-refractivity contribution in [1.29, 1.82) is 0 Å². The average Bonchev–Trinajstić information content (AvgIpc) is 3.73. The van der Waals surface area contributed by atoms with Crippen LogP contribution in [-0.4, -0.2) is 64.2 Å². The number of aromatic nitrogens is 4. The molecule has 0 atom stereocenters. The third kappa shape index (κ3) is 27.2. The van der Waals surface area contributed by atoms with Crippen molar-refractivity contribution in [3.05, 3.63) is 121 Å². The first kappa shape index (κ1) is 47.3. The Bertz CT molecular complexity index is 1270. The molecule has 4 rings (SSSR count). The summed E-state index contributed by atoms with van der Waals surface area (Å²) in [5.74, 6) is -3.83. The van der Waals surface area contributed by atoms with Crippen LogP contribution in [0.1, 0.15) is 11.4 Å². The molecule has 0 fully saturated rings. The average molecular weight is 947 g/mol. The van der Waals surface area contributed by atoms with Gasteiger partial charge in [0.25, 0.3) is 0 Å². The van der Waals surface area contributed by atoms with Gasteiger partial charge in [-0.1, -0.05) is 0 Å². The Morgan fingerprint density at radius 3 is 1.16 bits per heavy atom. The van der Waals surface area contributed by atoms with Crippen molar-refractivity contribution in [3.8, 4) is 0 Å². The van der Waals surface area contributed by atoms with Crippen LogP contribution in [0, 0.1) is 43.3 Å². The number of H-pyrrole nitrogens is 2. The summed E-state index contributed by atoms with van der Waals surface area (Å²) in [5, 5.41) is 38.3. The van der Waals surface area contributed by atoms with Gasteiger partial charge in [-0.05, 0) is 12.2 Å². The predicted octanol–water partition coefficient (Wildman–Crippen LogP) is 1.87. The largest absolute Gasteiger partial charge is 0.478 e. The number of imidazole rings is 2. The van der Waals surface area contributed by atoms with E-state index < -0.39 is 23.9 Å². The van der Waals surface area contributed by atoms with Crippen molar-refractivity contribution in [3.63, 3.8) is 0 Å². The minimum atomic E-state index is -0.963. The summed E-state index contributed by atoms with van der Waals surface area (Å²) in [6.07, 6.45) is 28.2. The van der Waals surface area contributed by atoms with E-state index in [1.165, 1.54) is 37.0 Å². The zero-order chi connectivity index (χ0) is 29.6. The van der Waals surface area contributed by atoms with Crippen LogP contribution in [0.5, 0.6) is 0 Å². The van der Waals surface area contributed by atoms with Crippen LogP contribution in [0.3, 0.4) is 0 Å². The fourth-order valence-corrected chi connectivity index (χ4v) is 2.15. The van der Waals surface area contributed by atoms with E-state index in [1.54, 1.807) is 37.2 Å². The first-order chi connectivity index (χ1) is 19.2. The molecule has 4 heterocycles. The first-order valence-corrected chi connectivity index (χ1v) is 10.9. The molecule has 8 N–H and O–H groups in total. The minimum absolute atomic E-state index is 0. The maximum absolute atomic E-state index is 9.98. The quantitative estimate of drug-likeness (QED) is 0.108. The minimum Gasteiger partial charge on any atom is -0.478 e. The zero-order valence-electron chi connectivity index (χ0n) is 22.3. The number of aliphatic carboxylic acids is 4. The summed E-state index contributed by atoms with van der Waals surface area (Å²) in [5.41, 5.74) is 2.84. The standard InChI is InChI=1S/2C7H5NO2.2C6H6N2O2.2Mn.U.V/c2*9-7(10)2-1-6-3-4-8-5-6;2*9-6(10)2-1-5-3-7-4-8-5;;;;/h2*1-2,4-5,8H;2*1-4H,(H,7,8)(H,9,10);;;;/p+2/b;;2*2-1+;;;;. The van der Waals surface area contributed by atoms with Crippen molar-refractivity contribution >= 4 is 36.0 Å². The predicted molar refractivity (Wildman–Crippen MR) is 142 cm³/mol. The second-order valence-electron chi connectivity index (χ2n) is 6.81. The first-order valence-electron chi connectivity index (χ1n) is 10.9. The summed E-state index contributed by atoms with van der Waals surface area (Å²) < 4.78 is 0. The Kier molecular flexibility index (Phi) is 31.6. The molecule has 0 bridgehead atoms. The van der Waals surface area contributed by atoms with E-state index in [0.717, 1.165) is 35.5 Å². The maximum atomic E-state index is 9.98. The van der Waals surface area contributed by atoms with Gasteiger partial charge in [0.05, 0.1) is 72.9 Å². The van der Waals surface area contributed by atoms with Crippen LogP contribution in [0.2, 0.25) is 0 Å². The van der Waals surface area contributed by atoms with Gasteiger partial charge in [-0.3, -0.25) is 10.6 Å². The van der Waals surface area contributed by atoms with E-state index >= 15 is 0 Å². The number of allylic oxidation sites excluding steroid dienone is 6. The zero-order valence-corrected chi connectivity index (χ0v) is 30.2. The Hall–Kier alpha value is -3.68. The number of carboxylic acids is 4. The fourth-order valence-electron chi connectivity index (χ4n) is 2.15. The summed E-state index contributed by atoms with van der Waals surface area (Å²) in [7, 11) is 0. The van der Waals surface area contributed by atoms with Crippen molar-refractivity contribution in [2.45, 2.75) is 0 Å². The second kappa shape index (κ2) is 29.4. The van der Waals surface area contributed by atoms with Crippen molar-refractivity contribution < 1.29 is 123 Å². The molecule has 0 aromatic carbocycles. The van der Waals surface area contributed by atoms with E-state index in [4.69, 9.17) is 20.4 Å². The Balaban J connectivity index is -0.000000235. The molecular weight excluding hydrogens is 923 g/mol. The maximum Gasteiger partial charge on any atom is 0.341 e. The van der Waals surface area contributed by atoms with Crippen molar-refractivity contribution in [2.75, 3.05) is 0 Å². The summed E-state index contributed by atoms with van der Waals surface area (Å²) in [6.45, 7) is 0. The van der Waals surface area contributed by atoms with Crippen LogP contribution < -0.4 is 10.6 Å². The molecule has 18 heteroatoms. The van der Waals surface area contributed by atoms with E-state index in [1.807, 2.05) is 0 Å². The fraction of sp³-hybridized carbons (Fsp3) is 0. The molecule has 2 aromatic heterocycles. The van der Waals surface area contributed by atoms with Crippen molar-refractivity contribution in [1.82, 2.24) is 30.6 Å². The molecule has 2 aliphatic rings. The van der Waals surface area contributed by atoms with Gasteiger partial charge >= 0.3 is 23.9 Å². The SMILES string of the molecule is O=C(O)/C=C/c1cnc[nH]1.O=C(O)/C=C/c1cnc[nH]1.O=C(O)C=CC1=CNC=[C+]1.O=C(O)C=CC1=CNC=[C+]1.[Mn].[Mn].[U].[V]. The number of carbonyl (C=O) groups is 4. The number of hydrogen-bond acceptors (Lipinski definition) is 8. The normalized spacial score (nSPS) is 11.4. The van der Waals surface area contributed by atoms with Crippen LogP contribution in [0.4, 0.5) is 0 Å². The van der Waals surface area contributed by atoms with Gasteiger partial charge in [-0.15, -0.1) is 0 Å². The van der Waals surface area contributed by atoms with Crippen LogP contribution in [0.15, 0.2) is 97.5 Å². The van der Waals surface area contributed by atoms with E-state index in [9.17, 15) is 19.2 Å². The number of nitrogens with zero attached hydrogens (tertiary/aromatic N) is 2. The molecule has 0 unspecified atom stereocenters. The Labute approximate surface area is 308 Å². The third-order valence-corrected chi connectivity index (χ3v) is 3.78. The molecule has 0 amide bonds. The Morgan fingerprint density at radius 2 is 0.932 bits per heavy atom. The molecule has 0 aliphatic carbocycles. The van der Waals surface area contributed by atoms with Gasteiger partial charge in [0.2, 0.25) is 11.1 Å². The second-order valence-corrected chi connectivity index (χ2v) is 6.81.